The lowest BCUT2D eigenvalue weighted by molar-refractivity contribution is 0.0942. The molecule has 0 aliphatic carbocycles. The minimum Gasteiger partial charge on any atom is -0.497 e. The molecule has 0 unspecified atom stereocenters. The molecule has 0 aliphatic heterocycles. The highest BCUT2D eigenvalue weighted by Crippen LogP contribution is 2.25. The predicted molar refractivity (Wildman–Crippen MR) is 103 cm³/mol. The van der Waals surface area contributed by atoms with Crippen LogP contribution in [-0.2, 0) is 6.54 Å². The zero-order chi connectivity index (χ0) is 19.3. The number of hydrogen-bond donors (Lipinski definition) is 1. The summed E-state index contributed by atoms with van der Waals surface area (Å²) in [4.78, 5) is 25.0. The van der Waals surface area contributed by atoms with E-state index in [0.717, 1.165) is 21.9 Å². The number of ether oxygens (including phenoxy) is 1. The summed E-state index contributed by atoms with van der Waals surface area (Å²) in [6.45, 7) is 0.117. The third-order valence-corrected chi connectivity index (χ3v) is 4.77. The van der Waals surface area contributed by atoms with Gasteiger partial charge in [-0.1, -0.05) is 5.16 Å². The summed E-state index contributed by atoms with van der Waals surface area (Å²) in [5.74, 6) is 1.22. The summed E-state index contributed by atoms with van der Waals surface area (Å²) >= 11 is 1.40. The summed E-state index contributed by atoms with van der Waals surface area (Å²) in [6.07, 6.45) is 3.30. The average Bonchev–Trinajstić information content (AvgIpc) is 3.43. The lowest BCUT2D eigenvalue weighted by Crippen LogP contribution is -2.23. The minimum atomic E-state index is -0.306. The molecule has 140 valence electrons. The van der Waals surface area contributed by atoms with Crippen molar-refractivity contribution in [2.24, 2.45) is 0 Å². The molecule has 1 amide bonds. The standard InChI is InChI=1S/C19H15N5O3S/c1-26-14-4-2-13(3-5-14)19-22-15(11-28-19)18(25)21-10-16-23-17(24-27-16)12-6-8-20-9-7-12/h2-9,11H,10H2,1H3,(H,21,25). The molecule has 0 saturated carbocycles. The maximum atomic E-state index is 12.4. The molecule has 28 heavy (non-hydrogen) atoms. The molecule has 0 aliphatic rings. The number of pyridine rings is 1. The molecule has 0 saturated heterocycles. The van der Waals surface area contributed by atoms with Crippen molar-refractivity contribution in [3.8, 4) is 27.7 Å². The van der Waals surface area contributed by atoms with Gasteiger partial charge in [-0.05, 0) is 36.4 Å². The van der Waals surface area contributed by atoms with Gasteiger partial charge in [0.15, 0.2) is 0 Å². The van der Waals surface area contributed by atoms with E-state index in [1.54, 1.807) is 37.0 Å². The first-order valence-corrected chi connectivity index (χ1v) is 9.22. The monoisotopic (exact) mass is 393 g/mol. The van der Waals surface area contributed by atoms with Gasteiger partial charge in [0.05, 0.1) is 13.7 Å². The number of nitrogens with zero attached hydrogens (tertiary/aromatic N) is 4. The summed E-state index contributed by atoms with van der Waals surface area (Å²) in [5.41, 5.74) is 2.05. The first-order chi connectivity index (χ1) is 13.7. The van der Waals surface area contributed by atoms with Crippen LogP contribution in [0.1, 0.15) is 16.4 Å². The molecule has 0 atom stereocenters. The van der Waals surface area contributed by atoms with Crippen LogP contribution in [0.3, 0.4) is 0 Å². The van der Waals surface area contributed by atoms with Crippen LogP contribution in [0.25, 0.3) is 22.0 Å². The maximum absolute atomic E-state index is 12.4. The Hall–Kier alpha value is -3.59. The Kier molecular flexibility index (Phi) is 5.07. The zero-order valence-corrected chi connectivity index (χ0v) is 15.6. The fourth-order valence-corrected chi connectivity index (χ4v) is 3.24. The van der Waals surface area contributed by atoms with Crippen molar-refractivity contribution in [2.45, 2.75) is 6.54 Å². The van der Waals surface area contributed by atoms with Crippen molar-refractivity contribution < 1.29 is 14.1 Å². The molecule has 9 heteroatoms. The molecule has 1 N–H and O–H groups in total. The van der Waals surface area contributed by atoms with Crippen molar-refractivity contribution in [1.82, 2.24) is 25.4 Å². The molecular formula is C19H15N5O3S. The van der Waals surface area contributed by atoms with Crippen molar-refractivity contribution in [2.75, 3.05) is 7.11 Å². The highest BCUT2D eigenvalue weighted by molar-refractivity contribution is 7.13. The Morgan fingerprint density at radius 1 is 1.11 bits per heavy atom. The number of thiazole rings is 1. The molecule has 4 aromatic rings. The summed E-state index contributed by atoms with van der Waals surface area (Å²) in [5, 5.41) is 9.11. The van der Waals surface area contributed by atoms with E-state index in [2.05, 4.69) is 25.4 Å². The van der Waals surface area contributed by atoms with Gasteiger partial charge in [-0.2, -0.15) is 4.98 Å². The van der Waals surface area contributed by atoms with Crippen LogP contribution in [0.15, 0.2) is 58.7 Å². The van der Waals surface area contributed by atoms with Gasteiger partial charge >= 0.3 is 0 Å². The number of benzene rings is 1. The first kappa shape index (κ1) is 17.8. The fourth-order valence-electron chi connectivity index (χ4n) is 2.44. The number of carbonyl (C=O) groups is 1. The topological polar surface area (TPSA) is 103 Å². The Labute approximate surface area is 164 Å². The van der Waals surface area contributed by atoms with E-state index < -0.39 is 0 Å². The van der Waals surface area contributed by atoms with Crippen molar-refractivity contribution in [1.29, 1.82) is 0 Å². The van der Waals surface area contributed by atoms with E-state index in [-0.39, 0.29) is 12.5 Å². The number of rotatable bonds is 6. The van der Waals surface area contributed by atoms with Crippen molar-refractivity contribution >= 4 is 17.2 Å². The van der Waals surface area contributed by atoms with Crippen LogP contribution in [0.5, 0.6) is 5.75 Å². The van der Waals surface area contributed by atoms with Gasteiger partial charge in [-0.25, -0.2) is 4.98 Å². The number of hydrogen-bond acceptors (Lipinski definition) is 8. The maximum Gasteiger partial charge on any atom is 0.271 e. The third-order valence-electron chi connectivity index (χ3n) is 3.88. The molecule has 8 nitrogen and oxygen atoms in total. The molecule has 1 aromatic carbocycles. The van der Waals surface area contributed by atoms with Gasteiger partial charge in [0, 0.05) is 28.9 Å². The summed E-state index contributed by atoms with van der Waals surface area (Å²) < 4.78 is 10.3. The second-order valence-corrected chi connectivity index (χ2v) is 6.55. The summed E-state index contributed by atoms with van der Waals surface area (Å²) in [7, 11) is 1.62. The number of nitrogens with one attached hydrogen (secondary N) is 1. The van der Waals surface area contributed by atoms with E-state index in [1.165, 1.54) is 11.3 Å². The zero-order valence-electron chi connectivity index (χ0n) is 14.8. The molecule has 0 spiro atoms. The average molecular weight is 393 g/mol. The quantitative estimate of drug-likeness (QED) is 0.536. The molecule has 0 radical (unpaired) electrons. The van der Waals surface area contributed by atoms with E-state index in [9.17, 15) is 4.79 Å². The molecule has 0 bridgehead atoms. The summed E-state index contributed by atoms with van der Waals surface area (Å²) in [6, 6.07) is 11.1. The van der Waals surface area contributed by atoms with Gasteiger partial charge in [0.1, 0.15) is 16.5 Å². The van der Waals surface area contributed by atoms with Crippen LogP contribution in [0.2, 0.25) is 0 Å². The van der Waals surface area contributed by atoms with Gasteiger partial charge < -0.3 is 14.6 Å². The molecule has 4 rings (SSSR count). The van der Waals surface area contributed by atoms with Crippen LogP contribution in [-0.4, -0.2) is 33.1 Å². The number of amides is 1. The van der Waals surface area contributed by atoms with E-state index in [0.29, 0.717) is 17.4 Å². The molecule has 3 heterocycles. The highest BCUT2D eigenvalue weighted by atomic mass is 32.1. The Balaban J connectivity index is 1.39. The van der Waals surface area contributed by atoms with Crippen molar-refractivity contribution in [3.63, 3.8) is 0 Å². The van der Waals surface area contributed by atoms with Crippen LogP contribution in [0, 0.1) is 0 Å². The number of aromatic nitrogens is 4. The SMILES string of the molecule is COc1ccc(-c2nc(C(=O)NCc3nc(-c4ccncc4)no3)cs2)cc1. The second-order valence-electron chi connectivity index (χ2n) is 5.70. The predicted octanol–water partition coefficient (Wildman–Crippen LogP) is 3.19. The lowest BCUT2D eigenvalue weighted by Gasteiger charge is -2.00. The lowest BCUT2D eigenvalue weighted by atomic mass is 10.2. The minimum absolute atomic E-state index is 0.117. The normalized spacial score (nSPS) is 10.6. The van der Waals surface area contributed by atoms with Gasteiger partial charge in [-0.15, -0.1) is 11.3 Å². The number of carbonyl (C=O) groups excluding carboxylic acids is 1. The molecular weight excluding hydrogens is 378 g/mol. The fraction of sp³-hybridized carbons (Fsp3) is 0.105. The molecule has 0 fully saturated rings. The second kappa shape index (κ2) is 7.97. The first-order valence-electron chi connectivity index (χ1n) is 8.34. The highest BCUT2D eigenvalue weighted by Gasteiger charge is 2.14. The van der Waals surface area contributed by atoms with E-state index in [1.807, 2.05) is 24.3 Å². The largest absolute Gasteiger partial charge is 0.497 e. The van der Waals surface area contributed by atoms with E-state index in [4.69, 9.17) is 9.26 Å². The van der Waals surface area contributed by atoms with E-state index >= 15 is 0 Å². The smallest absolute Gasteiger partial charge is 0.271 e. The Morgan fingerprint density at radius 2 is 1.89 bits per heavy atom. The van der Waals surface area contributed by atoms with Gasteiger partial charge in [0.25, 0.3) is 5.91 Å². The molecule has 3 aromatic heterocycles. The van der Waals surface area contributed by atoms with Crippen LogP contribution >= 0.6 is 11.3 Å². The number of methoxy groups -OCH3 is 1. The van der Waals surface area contributed by atoms with Gasteiger partial charge in [-0.3, -0.25) is 9.78 Å². The van der Waals surface area contributed by atoms with Crippen LogP contribution < -0.4 is 10.1 Å². The van der Waals surface area contributed by atoms with Crippen molar-refractivity contribution in [3.05, 3.63) is 65.8 Å². The Morgan fingerprint density at radius 3 is 2.64 bits per heavy atom. The van der Waals surface area contributed by atoms with Gasteiger partial charge in [0.2, 0.25) is 11.7 Å². The Bertz CT molecular complexity index is 1080. The third kappa shape index (κ3) is 3.89. The van der Waals surface area contributed by atoms with Crippen LogP contribution in [0.4, 0.5) is 0 Å².